The van der Waals surface area contributed by atoms with Gasteiger partial charge in [-0.15, -0.1) is 0 Å². The smallest absolute Gasteiger partial charge is 0.243 e. The van der Waals surface area contributed by atoms with E-state index >= 15 is 0 Å². The molecular weight excluding hydrogens is 288 g/mol. The molecule has 2 aromatic rings. The number of benzene rings is 2. The van der Waals surface area contributed by atoms with E-state index in [1.807, 2.05) is 30.3 Å². The number of hydrogen-bond acceptors (Lipinski definition) is 4. The lowest BCUT2D eigenvalue weighted by atomic mass is 10.1. The third kappa shape index (κ3) is 3.53. The molecule has 1 unspecified atom stereocenters. The van der Waals surface area contributed by atoms with Gasteiger partial charge in [-0.3, -0.25) is 0 Å². The van der Waals surface area contributed by atoms with Crippen LogP contribution in [0.3, 0.4) is 0 Å². The van der Waals surface area contributed by atoms with E-state index in [4.69, 9.17) is 10.5 Å². The van der Waals surface area contributed by atoms with Gasteiger partial charge in [-0.2, -0.15) is 0 Å². The number of ether oxygens (including phenoxy) is 1. The Labute approximate surface area is 124 Å². The van der Waals surface area contributed by atoms with Gasteiger partial charge in [-0.1, -0.05) is 30.3 Å². The third-order valence-corrected chi connectivity index (χ3v) is 4.75. The fraction of sp³-hybridized carbons (Fsp3) is 0.200. The zero-order valence-electron chi connectivity index (χ0n) is 11.9. The average Bonchev–Trinajstić information content (AvgIpc) is 2.47. The Morgan fingerprint density at radius 3 is 2.38 bits per heavy atom. The van der Waals surface area contributed by atoms with Gasteiger partial charge >= 0.3 is 0 Å². The summed E-state index contributed by atoms with van der Waals surface area (Å²) >= 11 is 0. The van der Waals surface area contributed by atoms with E-state index in [0.29, 0.717) is 5.75 Å². The molecule has 0 spiro atoms. The van der Waals surface area contributed by atoms with E-state index in [2.05, 4.69) is 4.72 Å². The Kier molecular flexibility index (Phi) is 4.50. The second kappa shape index (κ2) is 6.15. The van der Waals surface area contributed by atoms with Crippen molar-refractivity contribution in [2.75, 3.05) is 12.8 Å². The summed E-state index contributed by atoms with van der Waals surface area (Å²) in [7, 11) is -2.20. The van der Waals surface area contributed by atoms with Crippen LogP contribution in [0.25, 0.3) is 0 Å². The summed E-state index contributed by atoms with van der Waals surface area (Å²) in [6.45, 7) is 1.78. The minimum atomic E-state index is -3.69. The Hall–Kier alpha value is -2.05. The molecule has 0 aliphatic rings. The predicted molar refractivity (Wildman–Crippen MR) is 82.6 cm³/mol. The minimum Gasteiger partial charge on any atom is -0.497 e. The highest BCUT2D eigenvalue weighted by Gasteiger charge is 2.21. The summed E-state index contributed by atoms with van der Waals surface area (Å²) in [6.07, 6.45) is 0. The molecule has 0 heterocycles. The molecule has 0 aromatic heterocycles. The van der Waals surface area contributed by atoms with Crippen LogP contribution in [0.2, 0.25) is 0 Å². The number of nitrogens with two attached hydrogens (primary N) is 1. The summed E-state index contributed by atoms with van der Waals surface area (Å²) in [4.78, 5) is 0.0473. The van der Waals surface area contributed by atoms with Crippen molar-refractivity contribution in [1.29, 1.82) is 0 Å². The van der Waals surface area contributed by atoms with Crippen molar-refractivity contribution in [2.24, 2.45) is 0 Å². The van der Waals surface area contributed by atoms with Gasteiger partial charge in [0.1, 0.15) is 10.6 Å². The van der Waals surface area contributed by atoms with Gasteiger partial charge in [-0.05, 0) is 24.6 Å². The van der Waals surface area contributed by atoms with E-state index in [0.717, 1.165) is 5.56 Å². The van der Waals surface area contributed by atoms with E-state index < -0.39 is 10.0 Å². The maximum atomic E-state index is 12.4. The summed E-state index contributed by atoms with van der Waals surface area (Å²) < 4.78 is 32.4. The largest absolute Gasteiger partial charge is 0.497 e. The minimum absolute atomic E-state index is 0.0473. The molecule has 112 valence electrons. The summed E-state index contributed by atoms with van der Waals surface area (Å²) in [5.74, 6) is 0.516. The average molecular weight is 306 g/mol. The molecule has 0 aliphatic heterocycles. The fourth-order valence-corrected chi connectivity index (χ4v) is 3.35. The lowest BCUT2D eigenvalue weighted by molar-refractivity contribution is 0.414. The Morgan fingerprint density at radius 1 is 1.14 bits per heavy atom. The molecule has 0 amide bonds. The van der Waals surface area contributed by atoms with Crippen LogP contribution in [0.15, 0.2) is 53.4 Å². The second-order valence-electron chi connectivity index (χ2n) is 4.66. The van der Waals surface area contributed by atoms with Crippen LogP contribution in [0.5, 0.6) is 5.75 Å². The van der Waals surface area contributed by atoms with E-state index in [1.54, 1.807) is 13.0 Å². The van der Waals surface area contributed by atoms with Gasteiger partial charge < -0.3 is 10.5 Å². The van der Waals surface area contributed by atoms with Gasteiger partial charge in [0, 0.05) is 12.1 Å². The van der Waals surface area contributed by atoms with Crippen molar-refractivity contribution in [3.05, 3.63) is 54.1 Å². The maximum absolute atomic E-state index is 12.4. The van der Waals surface area contributed by atoms with E-state index in [1.165, 1.54) is 19.2 Å². The molecule has 0 fully saturated rings. The topological polar surface area (TPSA) is 81.4 Å². The van der Waals surface area contributed by atoms with Crippen molar-refractivity contribution < 1.29 is 13.2 Å². The molecular formula is C15H18N2O3S. The molecule has 21 heavy (non-hydrogen) atoms. The Balaban J connectivity index is 2.26. The first kappa shape index (κ1) is 15.3. The molecule has 0 saturated carbocycles. The molecule has 2 rings (SSSR count). The maximum Gasteiger partial charge on any atom is 0.243 e. The molecule has 0 radical (unpaired) electrons. The van der Waals surface area contributed by atoms with Gasteiger partial charge in [-0.25, -0.2) is 13.1 Å². The van der Waals surface area contributed by atoms with Gasteiger partial charge in [0.05, 0.1) is 12.8 Å². The van der Waals surface area contributed by atoms with Gasteiger partial charge in [0.2, 0.25) is 10.0 Å². The molecule has 6 heteroatoms. The van der Waals surface area contributed by atoms with Crippen LogP contribution in [-0.4, -0.2) is 15.5 Å². The number of nitrogen functional groups attached to an aromatic ring is 1. The summed E-state index contributed by atoms with van der Waals surface area (Å²) in [6, 6.07) is 13.5. The van der Waals surface area contributed by atoms with Crippen LogP contribution in [0.4, 0.5) is 5.69 Å². The predicted octanol–water partition coefficient (Wildman–Crippen LogP) is 2.32. The molecule has 3 N–H and O–H groups in total. The Bertz CT molecular complexity index is 715. The number of sulfonamides is 1. The number of methoxy groups -OCH3 is 1. The fourth-order valence-electron chi connectivity index (χ4n) is 2.00. The molecule has 0 bridgehead atoms. The zero-order valence-corrected chi connectivity index (χ0v) is 12.7. The first-order chi connectivity index (χ1) is 9.94. The number of rotatable bonds is 5. The summed E-state index contributed by atoms with van der Waals surface area (Å²) in [5, 5.41) is 0. The highest BCUT2D eigenvalue weighted by molar-refractivity contribution is 7.89. The van der Waals surface area contributed by atoms with Crippen molar-refractivity contribution in [3.8, 4) is 5.75 Å². The molecule has 1 atom stereocenters. The van der Waals surface area contributed by atoms with Crippen molar-refractivity contribution >= 4 is 15.7 Å². The highest BCUT2D eigenvalue weighted by atomic mass is 32.2. The number of hydrogen-bond donors (Lipinski definition) is 2. The van der Waals surface area contributed by atoms with Gasteiger partial charge in [0.25, 0.3) is 0 Å². The standard InChI is InChI=1S/C15H18N2O3S/c1-11(12-6-4-3-5-7-12)17-21(18,19)15-9-8-13(20-2)10-14(15)16/h3-11,17H,16H2,1-2H3. The lowest BCUT2D eigenvalue weighted by Crippen LogP contribution is -2.27. The van der Waals surface area contributed by atoms with Crippen LogP contribution >= 0.6 is 0 Å². The number of nitrogens with one attached hydrogen (secondary N) is 1. The van der Waals surface area contributed by atoms with E-state index in [-0.39, 0.29) is 16.6 Å². The third-order valence-electron chi connectivity index (χ3n) is 3.14. The van der Waals surface area contributed by atoms with Crippen LogP contribution in [-0.2, 0) is 10.0 Å². The SMILES string of the molecule is COc1ccc(S(=O)(=O)NC(C)c2ccccc2)c(N)c1. The Morgan fingerprint density at radius 2 is 1.81 bits per heavy atom. The quantitative estimate of drug-likeness (QED) is 0.831. The number of anilines is 1. The van der Waals surface area contributed by atoms with Crippen molar-refractivity contribution in [1.82, 2.24) is 4.72 Å². The summed E-state index contributed by atoms with van der Waals surface area (Å²) in [5.41, 5.74) is 6.84. The first-order valence-electron chi connectivity index (χ1n) is 6.45. The van der Waals surface area contributed by atoms with Crippen LogP contribution < -0.4 is 15.2 Å². The molecule has 2 aromatic carbocycles. The van der Waals surface area contributed by atoms with Crippen LogP contribution in [0, 0.1) is 0 Å². The molecule has 5 nitrogen and oxygen atoms in total. The van der Waals surface area contributed by atoms with Crippen LogP contribution in [0.1, 0.15) is 18.5 Å². The normalized spacial score (nSPS) is 12.9. The zero-order chi connectivity index (χ0) is 15.5. The van der Waals surface area contributed by atoms with Crippen molar-refractivity contribution in [2.45, 2.75) is 17.9 Å². The second-order valence-corrected chi connectivity index (χ2v) is 6.34. The molecule has 0 saturated heterocycles. The highest BCUT2D eigenvalue weighted by Crippen LogP contribution is 2.25. The van der Waals surface area contributed by atoms with Crippen molar-refractivity contribution in [3.63, 3.8) is 0 Å². The van der Waals surface area contributed by atoms with Gasteiger partial charge in [0.15, 0.2) is 0 Å². The lowest BCUT2D eigenvalue weighted by Gasteiger charge is -2.16. The molecule has 0 aliphatic carbocycles. The first-order valence-corrected chi connectivity index (χ1v) is 7.93. The van der Waals surface area contributed by atoms with E-state index in [9.17, 15) is 8.42 Å². The monoisotopic (exact) mass is 306 g/mol.